The predicted octanol–water partition coefficient (Wildman–Crippen LogP) is 3.43. The third-order valence-electron chi connectivity index (χ3n) is 4.24. The van der Waals surface area contributed by atoms with Gasteiger partial charge < -0.3 is 14.7 Å². The number of ether oxygens (including phenoxy) is 1. The highest BCUT2D eigenvalue weighted by molar-refractivity contribution is 6.30. The Kier molecular flexibility index (Phi) is 4.95. The number of benzene rings is 1. The van der Waals surface area contributed by atoms with E-state index >= 15 is 0 Å². The molecule has 0 spiro atoms. The first kappa shape index (κ1) is 15.6. The molecule has 0 saturated carbocycles. The maximum atomic E-state index is 11.1. The van der Waals surface area contributed by atoms with Crippen molar-refractivity contribution < 1.29 is 9.84 Å². The van der Waals surface area contributed by atoms with Crippen molar-refractivity contribution in [3.8, 4) is 5.75 Å². The molecule has 1 aromatic carbocycles. The Hall–Kier alpha value is -0.770. The van der Waals surface area contributed by atoms with Crippen LogP contribution in [0.2, 0.25) is 5.02 Å². The maximum Gasteiger partial charge on any atom is 0.125 e. The number of hydrogen-bond donors (Lipinski definition) is 1. The van der Waals surface area contributed by atoms with Crippen molar-refractivity contribution in [2.75, 3.05) is 20.2 Å². The Bertz CT molecular complexity index is 464. The minimum absolute atomic E-state index is 0.513. The highest BCUT2D eigenvalue weighted by Crippen LogP contribution is 2.39. The Balaban J connectivity index is 2.28. The van der Waals surface area contributed by atoms with Crippen LogP contribution in [0, 0.1) is 0 Å². The molecule has 0 bridgehead atoms. The van der Waals surface area contributed by atoms with E-state index in [9.17, 15) is 5.11 Å². The first-order valence-corrected chi connectivity index (χ1v) is 7.64. The van der Waals surface area contributed by atoms with Crippen LogP contribution in [0.3, 0.4) is 0 Å². The van der Waals surface area contributed by atoms with E-state index in [-0.39, 0.29) is 0 Å². The van der Waals surface area contributed by atoms with Gasteiger partial charge >= 0.3 is 0 Å². The number of halogens is 1. The molecule has 0 amide bonds. The molecule has 1 heterocycles. The molecular formula is C16H24ClNO2. The zero-order chi connectivity index (χ0) is 14.8. The molecule has 0 aromatic heterocycles. The Morgan fingerprint density at radius 3 is 2.70 bits per heavy atom. The molecule has 0 aliphatic carbocycles. The third kappa shape index (κ3) is 3.27. The third-order valence-corrected chi connectivity index (χ3v) is 4.48. The largest absolute Gasteiger partial charge is 0.496 e. The van der Waals surface area contributed by atoms with Gasteiger partial charge in [-0.3, -0.25) is 0 Å². The molecule has 1 fully saturated rings. The lowest BCUT2D eigenvalue weighted by Gasteiger charge is -2.30. The van der Waals surface area contributed by atoms with Gasteiger partial charge in [-0.25, -0.2) is 0 Å². The molecule has 0 radical (unpaired) electrons. The lowest BCUT2D eigenvalue weighted by atomic mass is 9.86. The summed E-state index contributed by atoms with van der Waals surface area (Å²) in [5, 5.41) is 11.7. The molecule has 1 aliphatic heterocycles. The first-order chi connectivity index (χ1) is 9.46. The summed E-state index contributed by atoms with van der Waals surface area (Å²) in [5.74, 6) is 0.717. The molecular weight excluding hydrogens is 274 g/mol. The van der Waals surface area contributed by atoms with Crippen LogP contribution in [0.15, 0.2) is 18.2 Å². The van der Waals surface area contributed by atoms with Crippen LogP contribution in [0.1, 0.15) is 38.7 Å². The van der Waals surface area contributed by atoms with Gasteiger partial charge in [0.05, 0.1) is 12.7 Å². The van der Waals surface area contributed by atoms with Crippen molar-refractivity contribution >= 4 is 11.6 Å². The standard InChI is InChI=1S/C16H24ClNO2/c1-12(2)18-9-4-7-16(19,8-10-18)14-11-13(17)5-6-15(14)20-3/h5-6,11-12,19H,4,7-10H2,1-3H3. The molecule has 1 unspecified atom stereocenters. The Morgan fingerprint density at radius 2 is 2.05 bits per heavy atom. The van der Waals surface area contributed by atoms with Gasteiger partial charge in [-0.1, -0.05) is 11.6 Å². The molecule has 4 heteroatoms. The average molecular weight is 298 g/mol. The van der Waals surface area contributed by atoms with Gasteiger partial charge in [-0.05, 0) is 57.9 Å². The summed E-state index contributed by atoms with van der Waals surface area (Å²) >= 11 is 6.10. The zero-order valence-corrected chi connectivity index (χ0v) is 13.3. The topological polar surface area (TPSA) is 32.7 Å². The van der Waals surface area contributed by atoms with Gasteiger partial charge in [0.25, 0.3) is 0 Å². The van der Waals surface area contributed by atoms with Crippen LogP contribution >= 0.6 is 11.6 Å². The van der Waals surface area contributed by atoms with Crippen molar-refractivity contribution in [1.82, 2.24) is 4.90 Å². The lowest BCUT2D eigenvalue weighted by molar-refractivity contribution is 0.0182. The maximum absolute atomic E-state index is 11.1. The predicted molar refractivity (Wildman–Crippen MR) is 82.5 cm³/mol. The molecule has 1 atom stereocenters. The fraction of sp³-hybridized carbons (Fsp3) is 0.625. The van der Waals surface area contributed by atoms with Crippen LogP contribution in [0.4, 0.5) is 0 Å². The summed E-state index contributed by atoms with van der Waals surface area (Å²) in [5.41, 5.74) is -0.0296. The molecule has 1 saturated heterocycles. The second kappa shape index (κ2) is 6.33. The minimum Gasteiger partial charge on any atom is -0.496 e. The summed E-state index contributed by atoms with van der Waals surface area (Å²) in [6.45, 7) is 6.32. The van der Waals surface area contributed by atoms with E-state index < -0.39 is 5.60 Å². The van der Waals surface area contributed by atoms with Crippen LogP contribution in [-0.4, -0.2) is 36.2 Å². The zero-order valence-electron chi connectivity index (χ0n) is 12.5. The number of rotatable bonds is 3. The fourth-order valence-corrected chi connectivity index (χ4v) is 3.14. The van der Waals surface area contributed by atoms with Crippen molar-refractivity contribution in [3.63, 3.8) is 0 Å². The molecule has 3 nitrogen and oxygen atoms in total. The van der Waals surface area contributed by atoms with Gasteiger partial charge in [-0.15, -0.1) is 0 Å². The quantitative estimate of drug-likeness (QED) is 0.928. The summed E-state index contributed by atoms with van der Waals surface area (Å²) in [4.78, 5) is 2.41. The van der Waals surface area contributed by atoms with E-state index in [1.807, 2.05) is 12.1 Å². The molecule has 1 aromatic rings. The summed E-state index contributed by atoms with van der Waals surface area (Å²) in [6.07, 6.45) is 2.43. The van der Waals surface area contributed by atoms with E-state index in [1.165, 1.54) is 0 Å². The van der Waals surface area contributed by atoms with Crippen molar-refractivity contribution in [2.24, 2.45) is 0 Å². The number of methoxy groups -OCH3 is 1. The summed E-state index contributed by atoms with van der Waals surface area (Å²) < 4.78 is 5.40. The summed E-state index contributed by atoms with van der Waals surface area (Å²) in [6, 6.07) is 5.98. The average Bonchev–Trinajstić information content (AvgIpc) is 2.62. The fourth-order valence-electron chi connectivity index (χ4n) is 2.97. The number of nitrogens with zero attached hydrogens (tertiary/aromatic N) is 1. The van der Waals surface area contributed by atoms with Crippen molar-refractivity contribution in [2.45, 2.75) is 44.8 Å². The van der Waals surface area contributed by atoms with Crippen molar-refractivity contribution in [3.05, 3.63) is 28.8 Å². The van der Waals surface area contributed by atoms with Crippen molar-refractivity contribution in [1.29, 1.82) is 0 Å². The smallest absolute Gasteiger partial charge is 0.125 e. The van der Waals surface area contributed by atoms with Gasteiger partial charge in [-0.2, -0.15) is 0 Å². The molecule has 112 valence electrons. The Labute approximate surface area is 126 Å². The number of hydrogen-bond acceptors (Lipinski definition) is 3. The van der Waals surface area contributed by atoms with Crippen LogP contribution in [0.5, 0.6) is 5.75 Å². The second-order valence-electron chi connectivity index (χ2n) is 5.86. The Morgan fingerprint density at radius 1 is 1.30 bits per heavy atom. The monoisotopic (exact) mass is 297 g/mol. The van der Waals surface area contributed by atoms with Gasteiger partial charge in [0.15, 0.2) is 0 Å². The molecule has 20 heavy (non-hydrogen) atoms. The summed E-state index contributed by atoms with van der Waals surface area (Å²) in [7, 11) is 1.63. The SMILES string of the molecule is COc1ccc(Cl)cc1C1(O)CCCN(C(C)C)CC1. The van der Waals surface area contributed by atoms with Crippen LogP contribution in [-0.2, 0) is 5.60 Å². The highest BCUT2D eigenvalue weighted by Gasteiger charge is 2.35. The second-order valence-corrected chi connectivity index (χ2v) is 6.30. The minimum atomic E-state index is -0.847. The lowest BCUT2D eigenvalue weighted by Crippen LogP contribution is -2.33. The van der Waals surface area contributed by atoms with E-state index in [0.29, 0.717) is 17.5 Å². The van der Waals surface area contributed by atoms with E-state index in [2.05, 4.69) is 18.7 Å². The molecule has 2 rings (SSSR count). The molecule has 1 N–H and O–H groups in total. The number of likely N-dealkylation sites (tertiary alicyclic amines) is 1. The molecule has 1 aliphatic rings. The number of aliphatic hydroxyl groups is 1. The first-order valence-electron chi connectivity index (χ1n) is 7.27. The van der Waals surface area contributed by atoms with Gasteiger partial charge in [0, 0.05) is 23.2 Å². The van der Waals surface area contributed by atoms with Gasteiger partial charge in [0.2, 0.25) is 0 Å². The van der Waals surface area contributed by atoms with E-state index in [0.717, 1.165) is 37.2 Å². The van der Waals surface area contributed by atoms with E-state index in [4.69, 9.17) is 16.3 Å². The van der Waals surface area contributed by atoms with Crippen LogP contribution in [0.25, 0.3) is 0 Å². The van der Waals surface area contributed by atoms with Gasteiger partial charge in [0.1, 0.15) is 5.75 Å². The van der Waals surface area contributed by atoms with E-state index in [1.54, 1.807) is 13.2 Å². The normalized spacial score (nSPS) is 24.7. The van der Waals surface area contributed by atoms with Crippen LogP contribution < -0.4 is 4.74 Å². The highest BCUT2D eigenvalue weighted by atomic mass is 35.5.